The van der Waals surface area contributed by atoms with Gasteiger partial charge in [-0.15, -0.1) is 0 Å². The first-order chi connectivity index (χ1) is 12.0. The minimum atomic E-state index is -0.214. The van der Waals surface area contributed by atoms with Crippen LogP contribution >= 0.6 is 0 Å². The van der Waals surface area contributed by atoms with Gasteiger partial charge in [-0.2, -0.15) is 5.10 Å². The van der Waals surface area contributed by atoms with Crippen molar-refractivity contribution < 1.29 is 9.90 Å². The average molecular weight is 341 g/mol. The van der Waals surface area contributed by atoms with Crippen molar-refractivity contribution in [3.8, 4) is 0 Å². The van der Waals surface area contributed by atoms with Crippen molar-refractivity contribution in [2.75, 3.05) is 18.9 Å². The van der Waals surface area contributed by atoms with Crippen molar-refractivity contribution in [2.45, 2.75) is 33.0 Å². The van der Waals surface area contributed by atoms with Crippen LogP contribution in [0.2, 0.25) is 0 Å². The maximum Gasteiger partial charge on any atom is 0.289 e. The van der Waals surface area contributed by atoms with E-state index in [1.54, 1.807) is 22.8 Å². The Morgan fingerprint density at radius 1 is 1.40 bits per heavy atom. The van der Waals surface area contributed by atoms with Gasteiger partial charge >= 0.3 is 0 Å². The van der Waals surface area contributed by atoms with E-state index in [1.807, 2.05) is 38.2 Å². The quantitative estimate of drug-likeness (QED) is 0.887. The van der Waals surface area contributed by atoms with Gasteiger partial charge in [-0.1, -0.05) is 18.2 Å². The highest BCUT2D eigenvalue weighted by Gasteiger charge is 2.29. The fraction of sp³-hybridized carbons (Fsp3) is 0.389. The zero-order valence-electron chi connectivity index (χ0n) is 14.7. The van der Waals surface area contributed by atoms with Crippen LogP contribution in [-0.4, -0.2) is 45.1 Å². The van der Waals surface area contributed by atoms with Gasteiger partial charge < -0.3 is 15.3 Å². The number of hydrogen-bond donors (Lipinski definition) is 2. The van der Waals surface area contributed by atoms with Crippen LogP contribution in [0.25, 0.3) is 0 Å². The second kappa shape index (κ2) is 7.06. The lowest BCUT2D eigenvalue weighted by atomic mass is 9.96. The van der Waals surface area contributed by atoms with Crippen LogP contribution in [-0.2, 0) is 17.9 Å². The summed E-state index contributed by atoms with van der Waals surface area (Å²) in [6.45, 7) is 5.16. The Kier molecular flexibility index (Phi) is 4.85. The summed E-state index contributed by atoms with van der Waals surface area (Å²) in [4.78, 5) is 18.7. The average Bonchev–Trinajstić information content (AvgIpc) is 3.06. The Balaban J connectivity index is 1.94. The van der Waals surface area contributed by atoms with Crippen LogP contribution in [0.15, 0.2) is 35.6 Å². The minimum absolute atomic E-state index is 0.0439. The Hall–Kier alpha value is -2.67. The zero-order chi connectivity index (χ0) is 18.0. The number of amidine groups is 1. The topological polar surface area (TPSA) is 82.8 Å². The summed E-state index contributed by atoms with van der Waals surface area (Å²) in [5.41, 5.74) is 3.57. The highest BCUT2D eigenvalue weighted by atomic mass is 16.3. The number of aliphatic hydroxyl groups excluding tert-OH is 1. The van der Waals surface area contributed by atoms with Gasteiger partial charge in [0.2, 0.25) is 0 Å². The molecule has 0 bridgehead atoms. The summed E-state index contributed by atoms with van der Waals surface area (Å²) in [5, 5.41) is 17.0. The predicted octanol–water partition coefficient (Wildman–Crippen LogP) is 1.73. The molecule has 1 aromatic carbocycles. The van der Waals surface area contributed by atoms with E-state index in [1.165, 1.54) is 0 Å². The standard InChI is InChI=1S/C18H23N5O2/c1-4-23-9-13(8-19-23)20-17-18(25)22(3)10-16(21-17)14-7-5-6-12(2)15(14)11-24/h5-9,16,24H,4,10-11H2,1-3H3,(H,20,21). The van der Waals surface area contributed by atoms with E-state index in [-0.39, 0.29) is 18.6 Å². The maximum atomic E-state index is 12.5. The number of amides is 1. The molecule has 1 aliphatic rings. The molecule has 0 aliphatic carbocycles. The molecule has 2 N–H and O–H groups in total. The van der Waals surface area contributed by atoms with Crippen LogP contribution in [0.5, 0.6) is 0 Å². The first-order valence-electron chi connectivity index (χ1n) is 8.35. The highest BCUT2D eigenvalue weighted by molar-refractivity contribution is 6.42. The number of aliphatic imine (C=N–C) groups is 1. The number of hydrogen-bond acceptors (Lipinski definition) is 5. The molecule has 0 saturated heterocycles. The molecule has 0 radical (unpaired) electrons. The number of carbonyl (C=O) groups is 1. The van der Waals surface area contributed by atoms with Gasteiger partial charge in [-0.05, 0) is 30.5 Å². The number of nitrogens with one attached hydrogen (secondary N) is 1. The number of aliphatic hydroxyl groups is 1. The van der Waals surface area contributed by atoms with Crippen LogP contribution < -0.4 is 5.32 Å². The lowest BCUT2D eigenvalue weighted by Gasteiger charge is -2.29. The first-order valence-corrected chi connectivity index (χ1v) is 8.35. The Morgan fingerprint density at radius 3 is 2.88 bits per heavy atom. The third-order valence-electron chi connectivity index (χ3n) is 4.46. The largest absolute Gasteiger partial charge is 0.392 e. The Bertz CT molecular complexity index is 812. The van der Waals surface area contributed by atoms with E-state index >= 15 is 0 Å². The predicted molar refractivity (Wildman–Crippen MR) is 96.4 cm³/mol. The molecule has 0 saturated carbocycles. The Morgan fingerprint density at radius 2 is 2.20 bits per heavy atom. The van der Waals surface area contributed by atoms with Crippen LogP contribution in [0.4, 0.5) is 5.69 Å². The molecule has 3 rings (SSSR count). The summed E-state index contributed by atoms with van der Waals surface area (Å²) >= 11 is 0. The highest BCUT2D eigenvalue weighted by Crippen LogP contribution is 2.28. The fourth-order valence-electron chi connectivity index (χ4n) is 3.02. The van der Waals surface area contributed by atoms with E-state index in [9.17, 15) is 9.90 Å². The van der Waals surface area contributed by atoms with E-state index < -0.39 is 0 Å². The molecule has 1 aliphatic heterocycles. The first kappa shape index (κ1) is 17.2. The summed E-state index contributed by atoms with van der Waals surface area (Å²) < 4.78 is 1.78. The van der Waals surface area contributed by atoms with Crippen molar-refractivity contribution in [3.05, 3.63) is 47.3 Å². The van der Waals surface area contributed by atoms with Gasteiger partial charge in [-0.25, -0.2) is 0 Å². The monoisotopic (exact) mass is 341 g/mol. The zero-order valence-corrected chi connectivity index (χ0v) is 14.7. The normalized spacial score (nSPS) is 17.6. The van der Waals surface area contributed by atoms with Crippen molar-refractivity contribution in [2.24, 2.45) is 4.99 Å². The molecular formula is C18H23N5O2. The third kappa shape index (κ3) is 3.41. The van der Waals surface area contributed by atoms with Gasteiger partial charge in [0.1, 0.15) is 0 Å². The van der Waals surface area contributed by atoms with E-state index in [2.05, 4.69) is 15.4 Å². The molecule has 1 atom stereocenters. The molecule has 1 aromatic heterocycles. The number of nitrogens with zero attached hydrogens (tertiary/aromatic N) is 4. The van der Waals surface area contributed by atoms with E-state index in [4.69, 9.17) is 0 Å². The molecule has 0 spiro atoms. The summed E-state index contributed by atoms with van der Waals surface area (Å²) in [5.74, 6) is 0.137. The minimum Gasteiger partial charge on any atom is -0.392 e. The Labute approximate surface area is 147 Å². The molecule has 132 valence electrons. The van der Waals surface area contributed by atoms with Gasteiger partial charge in [0, 0.05) is 26.3 Å². The number of anilines is 1. The number of benzene rings is 1. The van der Waals surface area contributed by atoms with Gasteiger partial charge in [0.25, 0.3) is 5.91 Å². The molecule has 7 nitrogen and oxygen atoms in total. The summed E-state index contributed by atoms with van der Waals surface area (Å²) in [6, 6.07) is 5.67. The van der Waals surface area contributed by atoms with Crippen molar-refractivity contribution in [1.29, 1.82) is 0 Å². The van der Waals surface area contributed by atoms with E-state index in [0.29, 0.717) is 12.4 Å². The smallest absolute Gasteiger partial charge is 0.289 e. The third-order valence-corrected chi connectivity index (χ3v) is 4.46. The lowest BCUT2D eigenvalue weighted by Crippen LogP contribution is -2.43. The second-order valence-corrected chi connectivity index (χ2v) is 6.19. The molecule has 1 unspecified atom stereocenters. The van der Waals surface area contributed by atoms with Gasteiger partial charge in [0.05, 0.1) is 24.5 Å². The molecule has 1 amide bonds. The van der Waals surface area contributed by atoms with Crippen molar-refractivity contribution in [1.82, 2.24) is 14.7 Å². The van der Waals surface area contributed by atoms with Crippen molar-refractivity contribution >= 4 is 17.4 Å². The van der Waals surface area contributed by atoms with Crippen LogP contribution in [0.1, 0.15) is 29.7 Å². The molecule has 7 heteroatoms. The number of carbonyl (C=O) groups excluding carboxylic acids is 1. The van der Waals surface area contributed by atoms with Crippen LogP contribution in [0.3, 0.4) is 0 Å². The molecule has 2 heterocycles. The van der Waals surface area contributed by atoms with E-state index in [0.717, 1.165) is 28.9 Å². The van der Waals surface area contributed by atoms with Crippen LogP contribution in [0, 0.1) is 6.92 Å². The number of aryl methyl sites for hydroxylation is 2. The maximum absolute atomic E-state index is 12.5. The number of likely N-dealkylation sites (N-methyl/N-ethyl adjacent to an activating group) is 1. The van der Waals surface area contributed by atoms with Gasteiger partial charge in [0.15, 0.2) is 5.84 Å². The summed E-state index contributed by atoms with van der Waals surface area (Å²) in [6.07, 6.45) is 3.51. The summed E-state index contributed by atoms with van der Waals surface area (Å²) in [7, 11) is 1.76. The number of rotatable bonds is 4. The lowest BCUT2D eigenvalue weighted by molar-refractivity contribution is -0.123. The molecule has 2 aromatic rings. The van der Waals surface area contributed by atoms with Crippen molar-refractivity contribution in [3.63, 3.8) is 0 Å². The fourth-order valence-corrected chi connectivity index (χ4v) is 3.02. The number of aromatic nitrogens is 2. The van der Waals surface area contributed by atoms with Gasteiger partial charge in [-0.3, -0.25) is 14.5 Å². The molecule has 0 fully saturated rings. The SMILES string of the molecule is CCn1cc(NC2=NC(c3cccc(C)c3CO)CN(C)C2=O)cn1. The molecular weight excluding hydrogens is 318 g/mol. The second-order valence-electron chi connectivity index (χ2n) is 6.19. The molecule has 25 heavy (non-hydrogen) atoms.